The van der Waals surface area contributed by atoms with Crippen molar-refractivity contribution in [2.45, 2.75) is 18.8 Å². The number of aromatic nitrogens is 1. The lowest BCUT2D eigenvalue weighted by Gasteiger charge is -2.31. The average Bonchev–Trinajstić information content (AvgIpc) is 3.12. The van der Waals surface area contributed by atoms with Gasteiger partial charge < -0.3 is 9.64 Å². The Hall–Kier alpha value is -2.47. The first kappa shape index (κ1) is 17.0. The van der Waals surface area contributed by atoms with Crippen LogP contribution < -0.4 is 4.74 Å². The fourth-order valence-electron chi connectivity index (χ4n) is 3.24. The lowest BCUT2D eigenvalue weighted by Crippen LogP contribution is -2.41. The van der Waals surface area contributed by atoms with Gasteiger partial charge in [0, 0.05) is 19.0 Å². The van der Waals surface area contributed by atoms with Crippen LogP contribution in [-0.2, 0) is 4.79 Å². The number of piperidine rings is 1. The Morgan fingerprint density at radius 2 is 2.04 bits per heavy atom. The third-order valence-electron chi connectivity index (χ3n) is 4.61. The summed E-state index contributed by atoms with van der Waals surface area (Å²) >= 11 is 1.71. The second-order valence-electron chi connectivity index (χ2n) is 6.44. The molecule has 2 heterocycles. The van der Waals surface area contributed by atoms with Gasteiger partial charge in [-0.05, 0) is 49.2 Å². The average molecular weight is 370 g/mol. The standard InChI is InChI=1S/C20H19FN2O2S/c21-15-7-9-16(10-8-15)25-13-19(24)23-11-3-4-14(12-23)20-22-17-5-1-2-6-18(17)26-20/h1-2,5-10,14H,3-4,11-13H2. The van der Waals surface area contributed by atoms with Crippen LogP contribution in [0, 0.1) is 5.82 Å². The molecule has 1 aromatic heterocycles. The zero-order valence-corrected chi connectivity index (χ0v) is 15.0. The van der Waals surface area contributed by atoms with Crippen LogP contribution in [0.1, 0.15) is 23.8 Å². The summed E-state index contributed by atoms with van der Waals surface area (Å²) in [7, 11) is 0. The van der Waals surface area contributed by atoms with Crippen LogP contribution in [0.4, 0.5) is 4.39 Å². The van der Waals surface area contributed by atoms with E-state index in [4.69, 9.17) is 9.72 Å². The van der Waals surface area contributed by atoms with E-state index in [0.717, 1.165) is 29.9 Å². The maximum absolute atomic E-state index is 12.9. The summed E-state index contributed by atoms with van der Waals surface area (Å²) in [6.07, 6.45) is 2.01. The summed E-state index contributed by atoms with van der Waals surface area (Å²) < 4.78 is 19.6. The number of ether oxygens (including phenoxy) is 1. The van der Waals surface area contributed by atoms with Crippen molar-refractivity contribution in [1.82, 2.24) is 9.88 Å². The minimum absolute atomic E-state index is 0.0296. The van der Waals surface area contributed by atoms with Gasteiger partial charge in [-0.3, -0.25) is 4.79 Å². The molecule has 0 radical (unpaired) electrons. The summed E-state index contributed by atoms with van der Waals surface area (Å²) in [4.78, 5) is 19.1. The number of halogens is 1. The third-order valence-corrected chi connectivity index (χ3v) is 5.81. The molecule has 0 N–H and O–H groups in total. The molecule has 0 saturated carbocycles. The number of likely N-dealkylation sites (tertiary alicyclic amines) is 1. The Labute approximate surface area is 155 Å². The Balaban J connectivity index is 1.39. The van der Waals surface area contributed by atoms with Gasteiger partial charge >= 0.3 is 0 Å². The normalized spacial score (nSPS) is 17.4. The molecule has 3 aromatic rings. The molecule has 134 valence electrons. The summed E-state index contributed by atoms with van der Waals surface area (Å²) in [5.74, 6) is 0.411. The van der Waals surface area contributed by atoms with Gasteiger partial charge in [-0.15, -0.1) is 11.3 Å². The van der Waals surface area contributed by atoms with E-state index in [1.54, 1.807) is 11.3 Å². The molecular formula is C20H19FN2O2S. The second kappa shape index (κ2) is 7.41. The minimum Gasteiger partial charge on any atom is -0.484 e. The van der Waals surface area contributed by atoms with Crippen LogP contribution in [0.3, 0.4) is 0 Å². The summed E-state index contributed by atoms with van der Waals surface area (Å²) in [5, 5.41) is 1.10. The summed E-state index contributed by atoms with van der Waals surface area (Å²) in [6, 6.07) is 13.8. The van der Waals surface area contributed by atoms with E-state index in [0.29, 0.717) is 12.3 Å². The molecular weight excluding hydrogens is 351 g/mol. The van der Waals surface area contributed by atoms with E-state index in [9.17, 15) is 9.18 Å². The fraction of sp³-hybridized carbons (Fsp3) is 0.300. The number of nitrogens with zero attached hydrogens (tertiary/aromatic N) is 2. The summed E-state index contributed by atoms with van der Waals surface area (Å²) in [6.45, 7) is 1.39. The third kappa shape index (κ3) is 3.70. The quantitative estimate of drug-likeness (QED) is 0.691. The molecule has 2 aromatic carbocycles. The van der Waals surface area contributed by atoms with E-state index in [2.05, 4.69) is 6.07 Å². The number of hydrogen-bond donors (Lipinski definition) is 0. The molecule has 0 aliphatic carbocycles. The van der Waals surface area contributed by atoms with Gasteiger partial charge in [0.2, 0.25) is 0 Å². The van der Waals surface area contributed by atoms with Gasteiger partial charge in [-0.25, -0.2) is 9.37 Å². The van der Waals surface area contributed by atoms with Crippen molar-refractivity contribution in [3.8, 4) is 5.75 Å². The molecule has 1 aliphatic heterocycles. The number of rotatable bonds is 4. The predicted octanol–water partition coefficient (Wildman–Crippen LogP) is 4.22. The first-order valence-corrected chi connectivity index (χ1v) is 9.52. The Morgan fingerprint density at radius 1 is 1.23 bits per heavy atom. The van der Waals surface area contributed by atoms with Gasteiger partial charge in [-0.2, -0.15) is 0 Å². The van der Waals surface area contributed by atoms with Gasteiger partial charge in [-0.1, -0.05) is 12.1 Å². The van der Waals surface area contributed by atoms with E-state index in [1.165, 1.54) is 29.0 Å². The Kier molecular flexibility index (Phi) is 4.84. The van der Waals surface area contributed by atoms with E-state index in [-0.39, 0.29) is 24.2 Å². The number of carbonyl (C=O) groups is 1. The molecule has 1 atom stereocenters. The SMILES string of the molecule is O=C(COc1ccc(F)cc1)N1CCCC(c2nc3ccccc3s2)C1. The van der Waals surface area contributed by atoms with Crippen molar-refractivity contribution in [3.05, 3.63) is 59.4 Å². The topological polar surface area (TPSA) is 42.4 Å². The van der Waals surface area contributed by atoms with Crippen molar-refractivity contribution in [3.63, 3.8) is 0 Å². The number of carbonyl (C=O) groups excluding carboxylic acids is 1. The van der Waals surface area contributed by atoms with Crippen LogP contribution in [0.15, 0.2) is 48.5 Å². The van der Waals surface area contributed by atoms with Crippen LogP contribution >= 0.6 is 11.3 Å². The molecule has 4 nitrogen and oxygen atoms in total. The lowest BCUT2D eigenvalue weighted by molar-refractivity contribution is -0.134. The highest BCUT2D eigenvalue weighted by Crippen LogP contribution is 2.33. The molecule has 26 heavy (non-hydrogen) atoms. The molecule has 1 aliphatic rings. The zero-order chi connectivity index (χ0) is 17.9. The molecule has 1 saturated heterocycles. The van der Waals surface area contributed by atoms with Gasteiger partial charge in [0.15, 0.2) is 6.61 Å². The number of thiazole rings is 1. The van der Waals surface area contributed by atoms with Gasteiger partial charge in [0.25, 0.3) is 5.91 Å². The molecule has 6 heteroatoms. The van der Waals surface area contributed by atoms with Gasteiger partial charge in [0.1, 0.15) is 11.6 Å². The van der Waals surface area contributed by atoms with Crippen LogP contribution in [0.25, 0.3) is 10.2 Å². The number of amides is 1. The highest BCUT2D eigenvalue weighted by atomic mass is 32.1. The van der Waals surface area contributed by atoms with Gasteiger partial charge in [0.05, 0.1) is 15.2 Å². The van der Waals surface area contributed by atoms with Crippen molar-refractivity contribution in [2.24, 2.45) is 0 Å². The molecule has 0 spiro atoms. The lowest BCUT2D eigenvalue weighted by atomic mass is 9.99. The first-order valence-electron chi connectivity index (χ1n) is 8.70. The van der Waals surface area contributed by atoms with E-state index < -0.39 is 0 Å². The Morgan fingerprint density at radius 3 is 2.85 bits per heavy atom. The number of benzene rings is 2. The molecule has 1 amide bonds. The largest absolute Gasteiger partial charge is 0.484 e. The minimum atomic E-state index is -0.321. The van der Waals surface area contributed by atoms with Crippen molar-refractivity contribution in [2.75, 3.05) is 19.7 Å². The highest BCUT2D eigenvalue weighted by molar-refractivity contribution is 7.18. The predicted molar refractivity (Wildman–Crippen MR) is 100 cm³/mol. The molecule has 1 fully saturated rings. The first-order chi connectivity index (χ1) is 12.7. The molecule has 4 rings (SSSR count). The number of fused-ring (bicyclic) bond motifs is 1. The van der Waals surface area contributed by atoms with Crippen molar-refractivity contribution >= 4 is 27.5 Å². The van der Waals surface area contributed by atoms with Crippen LogP contribution in [0.5, 0.6) is 5.75 Å². The smallest absolute Gasteiger partial charge is 0.260 e. The number of para-hydroxylation sites is 1. The fourth-order valence-corrected chi connectivity index (χ4v) is 4.33. The maximum atomic E-state index is 12.9. The van der Waals surface area contributed by atoms with Crippen molar-refractivity contribution in [1.29, 1.82) is 0 Å². The summed E-state index contributed by atoms with van der Waals surface area (Å²) in [5.41, 5.74) is 1.02. The van der Waals surface area contributed by atoms with Crippen LogP contribution in [-0.4, -0.2) is 35.5 Å². The number of hydrogen-bond acceptors (Lipinski definition) is 4. The Bertz CT molecular complexity index is 877. The van der Waals surface area contributed by atoms with Crippen molar-refractivity contribution < 1.29 is 13.9 Å². The van der Waals surface area contributed by atoms with E-state index >= 15 is 0 Å². The monoisotopic (exact) mass is 370 g/mol. The zero-order valence-electron chi connectivity index (χ0n) is 14.2. The highest BCUT2D eigenvalue weighted by Gasteiger charge is 2.27. The molecule has 0 bridgehead atoms. The second-order valence-corrected chi connectivity index (χ2v) is 7.50. The molecule has 1 unspecified atom stereocenters. The maximum Gasteiger partial charge on any atom is 0.260 e. The van der Waals surface area contributed by atoms with Crippen LogP contribution in [0.2, 0.25) is 0 Å². The van der Waals surface area contributed by atoms with E-state index in [1.807, 2.05) is 23.1 Å².